The van der Waals surface area contributed by atoms with Gasteiger partial charge in [-0.15, -0.1) is 0 Å². The van der Waals surface area contributed by atoms with Gasteiger partial charge in [0.1, 0.15) is 10.8 Å². The number of hydrogen-bond acceptors (Lipinski definition) is 4. The van der Waals surface area contributed by atoms with Gasteiger partial charge in [-0.1, -0.05) is 23.2 Å². The van der Waals surface area contributed by atoms with E-state index >= 15 is 0 Å². The van der Waals surface area contributed by atoms with E-state index < -0.39 is 17.9 Å². The average Bonchev–Trinajstić information content (AvgIpc) is 2.78. The van der Waals surface area contributed by atoms with Crippen LogP contribution in [0.5, 0.6) is 5.75 Å². The number of carbonyl (C=O) groups excluding carboxylic acids is 1. The Hall–Kier alpha value is -1.77. The Labute approximate surface area is 118 Å². The minimum atomic E-state index is -1.12. The second kappa shape index (κ2) is 5.08. The number of carboxylic acids is 1. The van der Waals surface area contributed by atoms with E-state index in [2.05, 4.69) is 0 Å². The predicted molar refractivity (Wildman–Crippen MR) is 66.8 cm³/mol. The Balaban J connectivity index is 2.47. The van der Waals surface area contributed by atoms with Crippen LogP contribution in [0.2, 0.25) is 10.0 Å². The number of ether oxygens (including phenoxy) is 1. The third kappa shape index (κ3) is 2.37. The average molecular weight is 300 g/mol. The number of nitriles is 1. The molecular formula is C12H7Cl2NO4. The number of ketones is 1. The Morgan fingerprint density at radius 2 is 2.16 bits per heavy atom. The summed E-state index contributed by atoms with van der Waals surface area (Å²) in [6, 6.07) is 3.17. The highest BCUT2D eigenvalue weighted by atomic mass is 35.5. The fourth-order valence-corrected chi connectivity index (χ4v) is 2.35. The molecule has 2 rings (SSSR count). The number of aliphatic carboxylic acids is 1. The zero-order chi connectivity index (χ0) is 14.2. The molecule has 0 spiro atoms. The van der Waals surface area contributed by atoms with Gasteiger partial charge in [-0.05, 0) is 6.07 Å². The number of benzene rings is 1. The van der Waals surface area contributed by atoms with Crippen LogP contribution in [0.25, 0.3) is 0 Å². The van der Waals surface area contributed by atoms with Gasteiger partial charge in [0.25, 0.3) is 0 Å². The molecule has 0 radical (unpaired) electrons. The monoisotopic (exact) mass is 299 g/mol. The summed E-state index contributed by atoms with van der Waals surface area (Å²) >= 11 is 11.9. The summed E-state index contributed by atoms with van der Waals surface area (Å²) in [5.41, 5.74) is 0.615. The largest absolute Gasteiger partial charge is 0.478 e. The number of fused-ring (bicyclic) bond motifs is 1. The van der Waals surface area contributed by atoms with Gasteiger partial charge in [0.05, 0.1) is 17.5 Å². The highest BCUT2D eigenvalue weighted by Gasteiger charge is 2.33. The van der Waals surface area contributed by atoms with Gasteiger partial charge in [-0.3, -0.25) is 4.79 Å². The van der Waals surface area contributed by atoms with Crippen LogP contribution < -0.4 is 4.74 Å². The van der Waals surface area contributed by atoms with Crippen molar-refractivity contribution in [1.29, 1.82) is 5.26 Å². The molecule has 1 N–H and O–H groups in total. The highest BCUT2D eigenvalue weighted by molar-refractivity contribution is 6.45. The maximum absolute atomic E-state index is 11.7. The van der Waals surface area contributed by atoms with Crippen LogP contribution in [0, 0.1) is 11.3 Å². The van der Waals surface area contributed by atoms with Crippen molar-refractivity contribution < 1.29 is 19.4 Å². The van der Waals surface area contributed by atoms with Crippen molar-refractivity contribution in [3.8, 4) is 11.8 Å². The first kappa shape index (κ1) is 13.7. The molecule has 1 aromatic rings. The normalized spacial score (nSPS) is 16.4. The van der Waals surface area contributed by atoms with Crippen molar-refractivity contribution in [2.45, 2.75) is 18.9 Å². The lowest BCUT2D eigenvalue weighted by atomic mass is 10.0. The van der Waals surface area contributed by atoms with Crippen LogP contribution >= 0.6 is 23.2 Å². The molecule has 1 aliphatic rings. The lowest BCUT2D eigenvalue weighted by molar-refractivity contribution is -0.144. The standard InChI is InChI=1S/C12H7Cl2NO4/c13-9-6(7(16)1-2-15)3-5-4-8(12(17)18)19-11(5)10(9)14/h3,8H,1,4H2,(H,17,18). The highest BCUT2D eigenvalue weighted by Crippen LogP contribution is 2.42. The Morgan fingerprint density at radius 3 is 2.74 bits per heavy atom. The molecule has 0 fully saturated rings. The molecule has 0 amide bonds. The summed E-state index contributed by atoms with van der Waals surface area (Å²) in [5.74, 6) is -1.39. The van der Waals surface area contributed by atoms with Crippen LogP contribution in [0.1, 0.15) is 22.3 Å². The van der Waals surface area contributed by atoms with Crippen molar-refractivity contribution in [3.63, 3.8) is 0 Å². The molecule has 7 heteroatoms. The molecule has 1 heterocycles. The maximum Gasteiger partial charge on any atom is 0.345 e. The Bertz CT molecular complexity index is 621. The van der Waals surface area contributed by atoms with Crippen molar-refractivity contribution >= 4 is 35.0 Å². The lowest BCUT2D eigenvalue weighted by Crippen LogP contribution is -2.24. The smallest absolute Gasteiger partial charge is 0.345 e. The molecule has 98 valence electrons. The Morgan fingerprint density at radius 1 is 1.47 bits per heavy atom. The summed E-state index contributed by atoms with van der Waals surface area (Å²) in [7, 11) is 0. The van der Waals surface area contributed by atoms with E-state index in [1.807, 2.05) is 0 Å². The van der Waals surface area contributed by atoms with E-state index in [9.17, 15) is 9.59 Å². The molecular weight excluding hydrogens is 293 g/mol. The molecule has 0 aliphatic carbocycles. The number of nitrogens with zero attached hydrogens (tertiary/aromatic N) is 1. The van der Waals surface area contributed by atoms with Crippen molar-refractivity contribution in [2.75, 3.05) is 0 Å². The third-order valence-electron chi connectivity index (χ3n) is 2.72. The van der Waals surface area contributed by atoms with Crippen LogP contribution in [0.4, 0.5) is 0 Å². The molecule has 19 heavy (non-hydrogen) atoms. The molecule has 5 nitrogen and oxygen atoms in total. The number of hydrogen-bond donors (Lipinski definition) is 1. The minimum absolute atomic E-state index is 0.00389. The van der Waals surface area contributed by atoms with E-state index in [1.165, 1.54) is 6.07 Å². The first-order chi connectivity index (χ1) is 8.95. The first-order valence-corrected chi connectivity index (χ1v) is 6.01. The number of carboxylic acid groups (broad SMARTS) is 1. The molecule has 0 saturated carbocycles. The van der Waals surface area contributed by atoms with Crippen molar-refractivity contribution in [3.05, 3.63) is 27.2 Å². The number of carbonyl (C=O) groups is 2. The van der Waals surface area contributed by atoms with Crippen LogP contribution in [0.3, 0.4) is 0 Å². The van der Waals surface area contributed by atoms with Crippen molar-refractivity contribution in [2.24, 2.45) is 0 Å². The quantitative estimate of drug-likeness (QED) is 0.866. The fourth-order valence-electron chi connectivity index (χ4n) is 1.83. The second-order valence-corrected chi connectivity index (χ2v) is 4.70. The van der Waals surface area contributed by atoms with Gasteiger partial charge in [-0.2, -0.15) is 5.26 Å². The molecule has 1 unspecified atom stereocenters. The summed E-state index contributed by atoms with van der Waals surface area (Å²) < 4.78 is 5.18. The summed E-state index contributed by atoms with van der Waals surface area (Å²) in [6.07, 6.45) is -1.25. The van der Waals surface area contributed by atoms with E-state index in [1.54, 1.807) is 6.07 Å². The second-order valence-electron chi connectivity index (χ2n) is 3.95. The number of halogens is 2. The SMILES string of the molecule is N#CCC(=O)c1cc2c(c(Cl)c1Cl)OC(C(=O)O)C2. The summed E-state index contributed by atoms with van der Waals surface area (Å²) in [4.78, 5) is 22.6. The maximum atomic E-state index is 11.7. The molecule has 1 aromatic carbocycles. The molecule has 0 saturated heterocycles. The van der Waals surface area contributed by atoms with Gasteiger partial charge in [-0.25, -0.2) is 4.79 Å². The first-order valence-electron chi connectivity index (χ1n) is 5.26. The summed E-state index contributed by atoms with van der Waals surface area (Å²) in [5, 5.41) is 17.4. The number of rotatable bonds is 3. The Kier molecular flexibility index (Phi) is 3.65. The van der Waals surface area contributed by atoms with E-state index in [4.69, 9.17) is 38.3 Å². The third-order valence-corrected chi connectivity index (χ3v) is 3.57. The van der Waals surface area contributed by atoms with E-state index in [-0.39, 0.29) is 34.2 Å². The van der Waals surface area contributed by atoms with Crippen LogP contribution in [-0.4, -0.2) is 23.0 Å². The van der Waals surface area contributed by atoms with Gasteiger partial charge < -0.3 is 9.84 Å². The van der Waals surface area contributed by atoms with Gasteiger partial charge in [0, 0.05) is 17.5 Å². The summed E-state index contributed by atoms with van der Waals surface area (Å²) in [6.45, 7) is 0. The molecule has 0 bridgehead atoms. The van der Waals surface area contributed by atoms with Crippen molar-refractivity contribution in [1.82, 2.24) is 0 Å². The van der Waals surface area contributed by atoms with Gasteiger partial charge in [0.15, 0.2) is 11.9 Å². The van der Waals surface area contributed by atoms with Gasteiger partial charge >= 0.3 is 5.97 Å². The fraction of sp³-hybridized carbons (Fsp3) is 0.250. The number of Topliss-reactive ketones (excluding diaryl/α,β-unsaturated/α-hetero) is 1. The van der Waals surface area contributed by atoms with E-state index in [0.717, 1.165) is 0 Å². The molecule has 1 aliphatic heterocycles. The molecule has 1 atom stereocenters. The lowest BCUT2D eigenvalue weighted by Gasteiger charge is -2.09. The van der Waals surface area contributed by atoms with E-state index in [0.29, 0.717) is 5.56 Å². The predicted octanol–water partition coefficient (Wildman–Crippen LogP) is 2.48. The zero-order valence-electron chi connectivity index (χ0n) is 9.44. The minimum Gasteiger partial charge on any atom is -0.478 e. The van der Waals surface area contributed by atoms with Crippen LogP contribution in [0.15, 0.2) is 6.07 Å². The molecule has 0 aromatic heterocycles. The zero-order valence-corrected chi connectivity index (χ0v) is 11.0. The van der Waals surface area contributed by atoms with Gasteiger partial charge in [0.2, 0.25) is 0 Å². The van der Waals surface area contributed by atoms with Crippen LogP contribution in [-0.2, 0) is 11.2 Å². The topological polar surface area (TPSA) is 87.4 Å².